The second-order valence-corrected chi connectivity index (χ2v) is 8.38. The van der Waals surface area contributed by atoms with Gasteiger partial charge in [0.05, 0.1) is 61.5 Å². The molecule has 0 saturated carbocycles. The number of nitrogens with two attached hydrogens (primary N) is 1. The van der Waals surface area contributed by atoms with Crippen LogP contribution >= 0.6 is 0 Å². The number of pyridine rings is 2. The lowest BCUT2D eigenvalue weighted by molar-refractivity contribution is -0.274. The van der Waals surface area contributed by atoms with Crippen LogP contribution in [0.3, 0.4) is 0 Å². The van der Waals surface area contributed by atoms with Crippen molar-refractivity contribution in [3.8, 4) is 5.75 Å². The second kappa shape index (κ2) is 8.61. The average molecular weight is 492 g/mol. The first-order chi connectivity index (χ1) is 16.6. The number of amides is 1. The zero-order valence-electron chi connectivity index (χ0n) is 18.4. The summed E-state index contributed by atoms with van der Waals surface area (Å²) >= 11 is 0. The highest BCUT2D eigenvalue weighted by molar-refractivity contribution is 6.00. The Hall–Kier alpha value is -3.51. The van der Waals surface area contributed by atoms with E-state index in [0.717, 1.165) is 17.8 Å². The minimum absolute atomic E-state index is 0.0408. The van der Waals surface area contributed by atoms with Crippen LogP contribution in [0.4, 0.5) is 23.4 Å². The molecule has 0 bridgehead atoms. The molecule has 0 unspecified atom stereocenters. The minimum atomic E-state index is -4.86. The molecule has 2 aliphatic heterocycles. The summed E-state index contributed by atoms with van der Waals surface area (Å²) in [7, 11) is 0. The molecule has 2 aromatic heterocycles. The Morgan fingerprint density at radius 2 is 1.94 bits per heavy atom. The van der Waals surface area contributed by atoms with Crippen molar-refractivity contribution in [1.82, 2.24) is 14.9 Å². The number of carbonyl (C=O) groups excluding carboxylic acids is 1. The van der Waals surface area contributed by atoms with Crippen LogP contribution in [0.15, 0.2) is 30.5 Å². The van der Waals surface area contributed by atoms with E-state index >= 15 is 4.39 Å². The molecule has 2 aliphatic rings. The maximum absolute atomic E-state index is 15.1. The summed E-state index contributed by atoms with van der Waals surface area (Å²) in [5.41, 5.74) is 7.86. The van der Waals surface area contributed by atoms with Crippen LogP contribution < -0.4 is 10.5 Å². The Morgan fingerprint density at radius 1 is 1.17 bits per heavy atom. The molecule has 2 N–H and O–H groups in total. The third-order valence-corrected chi connectivity index (χ3v) is 6.06. The maximum Gasteiger partial charge on any atom is 0.573 e. The summed E-state index contributed by atoms with van der Waals surface area (Å²) in [6, 6.07) is 3.83. The lowest BCUT2D eigenvalue weighted by Crippen LogP contribution is -2.49. The normalized spacial score (nSPS) is 20.2. The number of carbonyl (C=O) groups is 1. The number of rotatable bonds is 3. The van der Waals surface area contributed by atoms with Crippen LogP contribution in [0, 0.1) is 5.82 Å². The number of nitrogens with zero attached hydrogens (tertiary/aromatic N) is 3. The van der Waals surface area contributed by atoms with Gasteiger partial charge in [0.25, 0.3) is 5.91 Å². The van der Waals surface area contributed by atoms with Crippen molar-refractivity contribution in [2.75, 3.05) is 18.9 Å². The number of hydrogen-bond acceptors (Lipinski definition) is 7. The number of fused-ring (bicyclic) bond motifs is 3. The van der Waals surface area contributed by atoms with E-state index in [1.807, 2.05) is 0 Å². The number of nitrogen functional groups attached to an aromatic ring is 1. The molecule has 0 spiro atoms. The van der Waals surface area contributed by atoms with Gasteiger partial charge >= 0.3 is 6.36 Å². The Bertz CT molecular complexity index is 1300. The monoisotopic (exact) mass is 492 g/mol. The molecule has 2 atom stereocenters. The van der Waals surface area contributed by atoms with Crippen molar-refractivity contribution in [3.05, 3.63) is 58.7 Å². The highest BCUT2D eigenvalue weighted by atomic mass is 19.4. The number of halogens is 4. The fourth-order valence-corrected chi connectivity index (χ4v) is 4.47. The number of hydrogen-bond donors (Lipinski definition) is 1. The SMILES string of the molecule is C[C@@H]1COC[C@H](c2ccc(OC(F)(F)F)cn2)N1C(=O)c1cc2c3c(c(N)nc2cc1F)COC3. The van der Waals surface area contributed by atoms with Gasteiger partial charge in [-0.3, -0.25) is 9.78 Å². The van der Waals surface area contributed by atoms with Crippen molar-refractivity contribution in [2.24, 2.45) is 0 Å². The van der Waals surface area contributed by atoms with Crippen molar-refractivity contribution < 1.29 is 36.6 Å². The van der Waals surface area contributed by atoms with Crippen molar-refractivity contribution >= 4 is 22.6 Å². The lowest BCUT2D eigenvalue weighted by atomic mass is 10.00. The predicted molar refractivity (Wildman–Crippen MR) is 115 cm³/mol. The lowest BCUT2D eigenvalue weighted by Gasteiger charge is -2.40. The van der Waals surface area contributed by atoms with Gasteiger partial charge in [-0.05, 0) is 30.7 Å². The largest absolute Gasteiger partial charge is 0.573 e. The second-order valence-electron chi connectivity index (χ2n) is 8.38. The number of benzene rings is 1. The first-order valence-corrected chi connectivity index (χ1v) is 10.7. The summed E-state index contributed by atoms with van der Waals surface area (Å²) in [6.07, 6.45) is -3.94. The topological polar surface area (TPSA) is 99.8 Å². The molecule has 1 amide bonds. The van der Waals surface area contributed by atoms with E-state index in [1.165, 1.54) is 23.1 Å². The van der Waals surface area contributed by atoms with Crippen LogP contribution in [0.1, 0.15) is 40.1 Å². The van der Waals surface area contributed by atoms with Gasteiger partial charge in [0.1, 0.15) is 17.4 Å². The molecule has 8 nitrogen and oxygen atoms in total. The molecule has 1 aromatic carbocycles. The van der Waals surface area contributed by atoms with Gasteiger partial charge in [0, 0.05) is 17.0 Å². The molecule has 0 aliphatic carbocycles. The third kappa shape index (κ3) is 4.34. The Morgan fingerprint density at radius 3 is 2.66 bits per heavy atom. The molecule has 0 radical (unpaired) electrons. The van der Waals surface area contributed by atoms with Gasteiger partial charge in [-0.15, -0.1) is 13.2 Å². The van der Waals surface area contributed by atoms with E-state index in [0.29, 0.717) is 16.5 Å². The van der Waals surface area contributed by atoms with Crippen LogP contribution in [0.2, 0.25) is 0 Å². The molecule has 1 fully saturated rings. The summed E-state index contributed by atoms with van der Waals surface area (Å²) in [4.78, 5) is 23.4. The highest BCUT2D eigenvalue weighted by Crippen LogP contribution is 2.35. The third-order valence-electron chi connectivity index (χ3n) is 6.06. The molecular weight excluding hydrogens is 472 g/mol. The predicted octanol–water partition coefficient (Wildman–Crippen LogP) is 3.88. The van der Waals surface area contributed by atoms with Crippen molar-refractivity contribution in [1.29, 1.82) is 0 Å². The smallest absolute Gasteiger partial charge is 0.404 e. The van der Waals surface area contributed by atoms with Gasteiger partial charge in [-0.25, -0.2) is 9.37 Å². The average Bonchev–Trinajstić information content (AvgIpc) is 3.29. The fourth-order valence-electron chi connectivity index (χ4n) is 4.47. The number of alkyl halides is 3. The summed E-state index contributed by atoms with van der Waals surface area (Å²) in [6.45, 7) is 2.53. The number of ether oxygens (including phenoxy) is 3. The molecule has 35 heavy (non-hydrogen) atoms. The van der Waals surface area contributed by atoms with Gasteiger partial charge in [-0.1, -0.05) is 0 Å². The van der Waals surface area contributed by atoms with E-state index < -0.39 is 35.9 Å². The zero-order valence-corrected chi connectivity index (χ0v) is 18.4. The van der Waals surface area contributed by atoms with Gasteiger partial charge in [0.2, 0.25) is 0 Å². The summed E-state index contributed by atoms with van der Waals surface area (Å²) in [5.74, 6) is -1.61. The molecule has 5 rings (SSSR count). The number of anilines is 1. The van der Waals surface area contributed by atoms with E-state index in [-0.39, 0.29) is 43.5 Å². The van der Waals surface area contributed by atoms with Crippen LogP contribution in [-0.2, 0) is 22.7 Å². The molecule has 12 heteroatoms. The molecule has 184 valence electrons. The summed E-state index contributed by atoms with van der Waals surface area (Å²) < 4.78 is 67.5. The number of aromatic nitrogens is 2. The standard InChI is InChI=1S/C23H20F4N4O4/c1-11-7-33-10-20(18-3-2-12(6-29-18)35-23(25,26)27)31(11)22(32)14-4-13-15-8-34-9-16(15)21(28)30-19(13)5-17(14)24/h2-6,11,20H,7-10H2,1H3,(H2,28,30)/t11-,20-/m1/s1. The Balaban J connectivity index is 1.51. The van der Waals surface area contributed by atoms with Crippen LogP contribution in [0.25, 0.3) is 10.9 Å². The summed E-state index contributed by atoms with van der Waals surface area (Å²) in [5, 5.41) is 0.570. The first kappa shape index (κ1) is 23.2. The molecule has 4 heterocycles. The quantitative estimate of drug-likeness (QED) is 0.554. The van der Waals surface area contributed by atoms with E-state index in [2.05, 4.69) is 14.7 Å². The Labute approximate surface area is 196 Å². The van der Waals surface area contributed by atoms with Gasteiger partial charge < -0.3 is 24.8 Å². The van der Waals surface area contributed by atoms with Crippen LogP contribution in [-0.4, -0.2) is 46.4 Å². The molecular formula is C23H20F4N4O4. The molecule has 3 aromatic rings. The fraction of sp³-hybridized carbons (Fsp3) is 0.348. The van der Waals surface area contributed by atoms with Gasteiger partial charge in [-0.2, -0.15) is 0 Å². The first-order valence-electron chi connectivity index (χ1n) is 10.7. The maximum atomic E-state index is 15.1. The zero-order chi connectivity index (χ0) is 24.9. The van der Waals surface area contributed by atoms with E-state index in [1.54, 1.807) is 6.92 Å². The Kier molecular flexibility index (Phi) is 5.72. The van der Waals surface area contributed by atoms with Crippen LogP contribution in [0.5, 0.6) is 5.75 Å². The van der Waals surface area contributed by atoms with E-state index in [9.17, 15) is 18.0 Å². The number of morpholine rings is 1. The van der Waals surface area contributed by atoms with E-state index in [4.69, 9.17) is 15.2 Å². The highest BCUT2D eigenvalue weighted by Gasteiger charge is 2.37. The van der Waals surface area contributed by atoms with Crippen molar-refractivity contribution in [3.63, 3.8) is 0 Å². The minimum Gasteiger partial charge on any atom is -0.404 e. The van der Waals surface area contributed by atoms with Crippen molar-refractivity contribution in [2.45, 2.75) is 38.6 Å². The van der Waals surface area contributed by atoms with Gasteiger partial charge in [0.15, 0.2) is 0 Å². The molecule has 1 saturated heterocycles.